The van der Waals surface area contributed by atoms with Gasteiger partial charge in [0.1, 0.15) is 11.6 Å². The SMILES string of the molecule is COC(=O)C1CSC2(Nc3ccccc3C(=O)OC(C)(C)C)CC(c3ccccc3)C(=O)N12. The molecule has 0 aliphatic carbocycles. The van der Waals surface area contributed by atoms with Crippen molar-refractivity contribution in [2.45, 2.75) is 49.7 Å². The largest absolute Gasteiger partial charge is 0.467 e. The summed E-state index contributed by atoms with van der Waals surface area (Å²) >= 11 is 1.48. The van der Waals surface area contributed by atoms with Gasteiger partial charge in [0.25, 0.3) is 0 Å². The summed E-state index contributed by atoms with van der Waals surface area (Å²) in [7, 11) is 1.33. The van der Waals surface area contributed by atoms with Crippen molar-refractivity contribution in [3.63, 3.8) is 0 Å². The number of ether oxygens (including phenoxy) is 2. The molecule has 0 spiro atoms. The molecule has 0 saturated carbocycles. The van der Waals surface area contributed by atoms with Crippen molar-refractivity contribution in [1.82, 2.24) is 4.90 Å². The topological polar surface area (TPSA) is 84.9 Å². The molecule has 0 aromatic heterocycles. The lowest BCUT2D eigenvalue weighted by Crippen LogP contribution is -2.51. The molecule has 2 aromatic rings. The molecule has 174 valence electrons. The van der Waals surface area contributed by atoms with Crippen molar-refractivity contribution in [3.05, 3.63) is 65.7 Å². The highest BCUT2D eigenvalue weighted by Crippen LogP contribution is 2.53. The van der Waals surface area contributed by atoms with E-state index in [1.807, 2.05) is 57.2 Å². The number of carbonyl (C=O) groups excluding carboxylic acids is 3. The number of fused-ring (bicyclic) bond motifs is 1. The highest BCUT2D eigenvalue weighted by atomic mass is 32.2. The van der Waals surface area contributed by atoms with Crippen molar-refractivity contribution < 1.29 is 23.9 Å². The Morgan fingerprint density at radius 2 is 1.76 bits per heavy atom. The normalized spacial score (nSPS) is 24.4. The van der Waals surface area contributed by atoms with Crippen molar-refractivity contribution in [1.29, 1.82) is 0 Å². The fourth-order valence-electron chi connectivity index (χ4n) is 4.35. The quantitative estimate of drug-likeness (QED) is 0.664. The first-order valence-electron chi connectivity index (χ1n) is 10.9. The van der Waals surface area contributed by atoms with Gasteiger partial charge in [0.15, 0.2) is 4.99 Å². The third-order valence-corrected chi connectivity index (χ3v) is 7.17. The van der Waals surface area contributed by atoms with Crippen molar-refractivity contribution in [2.75, 3.05) is 18.2 Å². The summed E-state index contributed by atoms with van der Waals surface area (Å²) in [5, 5.41) is 3.45. The van der Waals surface area contributed by atoms with Crippen LogP contribution in [0.4, 0.5) is 5.69 Å². The third-order valence-electron chi connectivity index (χ3n) is 5.75. The lowest BCUT2D eigenvalue weighted by molar-refractivity contribution is -0.151. The van der Waals surface area contributed by atoms with E-state index in [9.17, 15) is 14.4 Å². The Bertz CT molecular complexity index is 1070. The second-order valence-corrected chi connectivity index (χ2v) is 10.5. The van der Waals surface area contributed by atoms with Crippen LogP contribution in [0.15, 0.2) is 54.6 Å². The Labute approximate surface area is 197 Å². The molecule has 2 heterocycles. The van der Waals surface area contributed by atoms with E-state index in [0.717, 1.165) is 5.56 Å². The maximum absolute atomic E-state index is 13.6. The summed E-state index contributed by atoms with van der Waals surface area (Å²) in [5.74, 6) is -1.04. The zero-order valence-electron chi connectivity index (χ0n) is 19.2. The molecule has 3 unspecified atom stereocenters. The average molecular weight is 469 g/mol. The van der Waals surface area contributed by atoms with Crippen molar-refractivity contribution in [2.24, 2.45) is 0 Å². The smallest absolute Gasteiger partial charge is 0.340 e. The number of hydrogen-bond acceptors (Lipinski definition) is 7. The standard InChI is InChI=1S/C25H28N2O5S/c1-24(2,3)32-22(29)17-12-8-9-13-19(17)26-25-14-18(16-10-6-5-7-11-16)21(28)27(25)20(15-33-25)23(30)31-4/h5-13,18,20,26H,14-15H2,1-4H3. The molecular weight excluding hydrogens is 440 g/mol. The van der Waals surface area contributed by atoms with Gasteiger partial charge in [-0.3, -0.25) is 9.69 Å². The maximum Gasteiger partial charge on any atom is 0.340 e. The fraction of sp³-hybridized carbons (Fsp3) is 0.400. The number of rotatable bonds is 5. The maximum atomic E-state index is 13.6. The second kappa shape index (κ2) is 8.74. The summed E-state index contributed by atoms with van der Waals surface area (Å²) < 4.78 is 10.6. The van der Waals surface area contributed by atoms with E-state index in [0.29, 0.717) is 23.4 Å². The van der Waals surface area contributed by atoms with Gasteiger partial charge in [0.05, 0.1) is 24.3 Å². The zero-order chi connectivity index (χ0) is 23.8. The Kier molecular flexibility index (Phi) is 6.14. The van der Waals surface area contributed by atoms with Gasteiger partial charge >= 0.3 is 11.9 Å². The van der Waals surface area contributed by atoms with Crippen LogP contribution in [0.25, 0.3) is 0 Å². The molecule has 3 atom stereocenters. The highest BCUT2D eigenvalue weighted by Gasteiger charge is 2.60. The van der Waals surface area contributed by atoms with Gasteiger partial charge in [-0.25, -0.2) is 9.59 Å². The summed E-state index contributed by atoms with van der Waals surface area (Å²) in [6, 6.07) is 15.9. The van der Waals surface area contributed by atoms with E-state index in [1.54, 1.807) is 23.1 Å². The number of anilines is 1. The van der Waals surface area contributed by atoms with Gasteiger partial charge < -0.3 is 14.8 Å². The van der Waals surface area contributed by atoms with Crippen molar-refractivity contribution in [3.8, 4) is 0 Å². The molecule has 8 heteroatoms. The molecule has 2 fully saturated rings. The minimum Gasteiger partial charge on any atom is -0.467 e. The molecule has 7 nitrogen and oxygen atoms in total. The number of benzene rings is 2. The van der Waals surface area contributed by atoms with E-state index in [-0.39, 0.29) is 5.91 Å². The lowest BCUT2D eigenvalue weighted by atomic mass is 9.97. The van der Waals surface area contributed by atoms with E-state index in [4.69, 9.17) is 9.47 Å². The summed E-state index contributed by atoms with van der Waals surface area (Å²) in [6.45, 7) is 5.44. The zero-order valence-corrected chi connectivity index (χ0v) is 20.0. The Morgan fingerprint density at radius 1 is 1.09 bits per heavy atom. The Hall–Kier alpha value is -3.00. The van der Waals surface area contributed by atoms with Crippen LogP contribution in [-0.2, 0) is 19.1 Å². The van der Waals surface area contributed by atoms with Gasteiger partial charge in [0.2, 0.25) is 5.91 Å². The Morgan fingerprint density at radius 3 is 2.42 bits per heavy atom. The van der Waals surface area contributed by atoms with Crippen LogP contribution >= 0.6 is 11.8 Å². The lowest BCUT2D eigenvalue weighted by Gasteiger charge is -2.35. The van der Waals surface area contributed by atoms with Gasteiger partial charge in [-0.2, -0.15) is 0 Å². The van der Waals surface area contributed by atoms with E-state index < -0.39 is 34.5 Å². The minimum absolute atomic E-state index is 0.135. The molecule has 33 heavy (non-hydrogen) atoms. The minimum atomic E-state index is -0.894. The van der Waals surface area contributed by atoms with Crippen LogP contribution in [0.1, 0.15) is 49.0 Å². The second-order valence-electron chi connectivity index (χ2n) is 9.18. The van der Waals surface area contributed by atoms with Crippen LogP contribution in [0, 0.1) is 0 Å². The first-order valence-corrected chi connectivity index (χ1v) is 11.8. The number of amides is 1. The number of methoxy groups -OCH3 is 1. The fourth-order valence-corrected chi connectivity index (χ4v) is 5.89. The predicted octanol–water partition coefficient (Wildman–Crippen LogP) is 4.01. The molecule has 2 aliphatic heterocycles. The van der Waals surface area contributed by atoms with Crippen molar-refractivity contribution >= 4 is 35.3 Å². The first-order chi connectivity index (χ1) is 15.6. The van der Waals surface area contributed by atoms with Crippen LogP contribution in [-0.4, -0.2) is 52.2 Å². The molecule has 0 radical (unpaired) electrons. The van der Waals surface area contributed by atoms with Crippen LogP contribution in [0.3, 0.4) is 0 Å². The number of nitrogens with one attached hydrogen (secondary N) is 1. The van der Waals surface area contributed by atoms with E-state index in [2.05, 4.69) is 5.32 Å². The number of carbonyl (C=O) groups is 3. The number of thioether (sulfide) groups is 1. The van der Waals surface area contributed by atoms with E-state index in [1.165, 1.54) is 18.9 Å². The van der Waals surface area contributed by atoms with Crippen LogP contribution < -0.4 is 5.32 Å². The number of hydrogen-bond donors (Lipinski definition) is 1. The molecular formula is C25H28N2O5S. The summed E-state index contributed by atoms with van der Waals surface area (Å²) in [6.07, 6.45) is 0.441. The molecule has 2 aromatic carbocycles. The van der Waals surface area contributed by atoms with E-state index >= 15 is 0 Å². The highest BCUT2D eigenvalue weighted by molar-refractivity contribution is 8.01. The molecule has 2 aliphatic rings. The molecule has 4 rings (SSSR count). The molecule has 2 saturated heterocycles. The monoisotopic (exact) mass is 468 g/mol. The third kappa shape index (κ3) is 4.44. The summed E-state index contributed by atoms with van der Waals surface area (Å²) in [5.41, 5.74) is 1.17. The number of para-hydroxylation sites is 1. The summed E-state index contributed by atoms with van der Waals surface area (Å²) in [4.78, 5) is 39.7. The van der Waals surface area contributed by atoms with Crippen LogP contribution in [0.5, 0.6) is 0 Å². The van der Waals surface area contributed by atoms with Crippen LogP contribution in [0.2, 0.25) is 0 Å². The molecule has 1 amide bonds. The first kappa shape index (κ1) is 23.2. The number of esters is 2. The molecule has 1 N–H and O–H groups in total. The predicted molar refractivity (Wildman–Crippen MR) is 127 cm³/mol. The Balaban J connectivity index is 1.72. The van der Waals surface area contributed by atoms with Gasteiger partial charge in [-0.1, -0.05) is 42.5 Å². The van der Waals surface area contributed by atoms with Gasteiger partial charge in [-0.15, -0.1) is 11.8 Å². The average Bonchev–Trinajstić information content (AvgIpc) is 3.27. The number of nitrogens with zero attached hydrogens (tertiary/aromatic N) is 1. The van der Waals surface area contributed by atoms with Gasteiger partial charge in [0, 0.05) is 12.2 Å². The van der Waals surface area contributed by atoms with Gasteiger partial charge in [-0.05, 0) is 38.5 Å². The molecule has 0 bridgehead atoms.